The van der Waals surface area contributed by atoms with Gasteiger partial charge >= 0.3 is 6.03 Å². The van der Waals surface area contributed by atoms with Crippen LogP contribution in [0.5, 0.6) is 5.75 Å². The van der Waals surface area contributed by atoms with E-state index in [1.54, 1.807) is 23.9 Å². The molecule has 0 aliphatic carbocycles. The normalized spacial score (nSPS) is 15.0. The van der Waals surface area contributed by atoms with Crippen molar-refractivity contribution in [3.05, 3.63) is 24.3 Å². The van der Waals surface area contributed by atoms with E-state index in [9.17, 15) is 9.59 Å². The number of carbonyl (C=O) groups is 2. The third-order valence-corrected chi connectivity index (χ3v) is 4.03. The van der Waals surface area contributed by atoms with Gasteiger partial charge in [0.15, 0.2) is 0 Å². The van der Waals surface area contributed by atoms with E-state index in [-0.39, 0.29) is 17.9 Å². The lowest BCUT2D eigenvalue weighted by Gasteiger charge is -2.33. The maximum absolute atomic E-state index is 12.4. The van der Waals surface area contributed by atoms with E-state index in [0.717, 1.165) is 11.4 Å². The van der Waals surface area contributed by atoms with Crippen LogP contribution in [0.1, 0.15) is 12.8 Å². The Labute approximate surface area is 142 Å². The molecular formula is C17H26N4O3. The molecule has 7 nitrogen and oxygen atoms in total. The van der Waals surface area contributed by atoms with Gasteiger partial charge in [-0.2, -0.15) is 0 Å². The minimum atomic E-state index is -0.0654. The lowest BCUT2D eigenvalue weighted by atomic mass is 9.96. The van der Waals surface area contributed by atoms with E-state index < -0.39 is 0 Å². The number of likely N-dealkylation sites (tertiary alicyclic amines) is 1. The van der Waals surface area contributed by atoms with Gasteiger partial charge in [-0.05, 0) is 37.1 Å². The first-order valence-electron chi connectivity index (χ1n) is 8.21. The van der Waals surface area contributed by atoms with Crippen molar-refractivity contribution in [3.63, 3.8) is 0 Å². The number of benzene rings is 1. The molecule has 3 amide bonds. The summed E-state index contributed by atoms with van der Waals surface area (Å²) < 4.78 is 5.41. The number of amides is 3. The molecule has 132 valence electrons. The molecule has 1 aromatic rings. The predicted octanol–water partition coefficient (Wildman–Crippen LogP) is 1.36. The molecule has 1 saturated heterocycles. The molecule has 0 spiro atoms. The average molecular weight is 334 g/mol. The maximum atomic E-state index is 12.4. The number of hydrogen-bond donors (Lipinski definition) is 2. The smallest absolute Gasteiger partial charge is 0.319 e. The van der Waals surface area contributed by atoms with Gasteiger partial charge in [-0.3, -0.25) is 4.79 Å². The zero-order valence-corrected chi connectivity index (χ0v) is 14.3. The summed E-state index contributed by atoms with van der Waals surface area (Å²) in [7, 11) is 3.48. The molecule has 24 heavy (non-hydrogen) atoms. The molecule has 0 bridgehead atoms. The highest BCUT2D eigenvalue weighted by molar-refractivity contribution is 5.92. The number of ether oxygens (including phenoxy) is 1. The summed E-state index contributed by atoms with van der Waals surface area (Å²) in [6, 6.07) is 7.25. The zero-order chi connectivity index (χ0) is 17.5. The number of anilines is 1. The summed E-state index contributed by atoms with van der Waals surface area (Å²) in [5.74, 6) is 0.668. The highest BCUT2D eigenvalue weighted by Gasteiger charge is 2.27. The van der Waals surface area contributed by atoms with Crippen LogP contribution in [0, 0.1) is 5.92 Å². The van der Waals surface area contributed by atoms with E-state index in [0.29, 0.717) is 39.1 Å². The molecule has 2 rings (SSSR count). The number of carbonyl (C=O) groups excluding carboxylic acids is 2. The lowest BCUT2D eigenvalue weighted by molar-refractivity contribution is -0.121. The van der Waals surface area contributed by atoms with Crippen molar-refractivity contribution in [3.8, 4) is 5.75 Å². The van der Waals surface area contributed by atoms with Crippen molar-refractivity contribution in [2.45, 2.75) is 12.8 Å². The van der Waals surface area contributed by atoms with Crippen LogP contribution in [0.3, 0.4) is 0 Å². The second-order valence-electron chi connectivity index (χ2n) is 6.09. The molecule has 1 aliphatic rings. The van der Waals surface area contributed by atoms with Gasteiger partial charge in [0.25, 0.3) is 0 Å². The maximum Gasteiger partial charge on any atom is 0.319 e. The summed E-state index contributed by atoms with van der Waals surface area (Å²) in [5.41, 5.74) is 6.13. The number of rotatable bonds is 5. The Morgan fingerprint density at radius 1 is 1.25 bits per heavy atom. The van der Waals surface area contributed by atoms with Crippen molar-refractivity contribution in [1.29, 1.82) is 0 Å². The van der Waals surface area contributed by atoms with E-state index in [4.69, 9.17) is 10.5 Å². The van der Waals surface area contributed by atoms with E-state index in [1.165, 1.54) is 0 Å². The Kier molecular flexibility index (Phi) is 6.43. The van der Waals surface area contributed by atoms with Gasteiger partial charge in [0.2, 0.25) is 5.91 Å². The van der Waals surface area contributed by atoms with Crippen molar-refractivity contribution in [2.75, 3.05) is 45.7 Å². The first kappa shape index (κ1) is 18.1. The van der Waals surface area contributed by atoms with Gasteiger partial charge < -0.3 is 25.6 Å². The standard InChI is InChI=1S/C17H26N4O3/c1-20(2)17(23)21-10-7-13(8-11-21)16(22)19-14-3-5-15(6-4-14)24-12-9-18/h3-6,13H,7-12,18H2,1-2H3,(H,19,22). The molecule has 0 saturated carbocycles. The van der Waals surface area contributed by atoms with E-state index in [2.05, 4.69) is 5.32 Å². The van der Waals surface area contributed by atoms with Crippen LogP contribution in [0.25, 0.3) is 0 Å². The minimum absolute atomic E-state index is 0.00178. The summed E-state index contributed by atoms with van der Waals surface area (Å²) in [6.07, 6.45) is 1.37. The summed E-state index contributed by atoms with van der Waals surface area (Å²) >= 11 is 0. The van der Waals surface area contributed by atoms with Crippen molar-refractivity contribution in [2.24, 2.45) is 11.7 Å². The molecule has 1 fully saturated rings. The molecule has 7 heteroatoms. The van der Waals surface area contributed by atoms with Crippen LogP contribution in [-0.2, 0) is 4.79 Å². The highest BCUT2D eigenvalue weighted by Crippen LogP contribution is 2.21. The van der Waals surface area contributed by atoms with Gasteiger partial charge in [-0.25, -0.2) is 4.79 Å². The Balaban J connectivity index is 1.82. The molecule has 1 aliphatic heterocycles. The molecule has 0 unspecified atom stereocenters. The fourth-order valence-corrected chi connectivity index (χ4v) is 2.67. The fourth-order valence-electron chi connectivity index (χ4n) is 2.67. The Hall–Kier alpha value is -2.28. The summed E-state index contributed by atoms with van der Waals surface area (Å²) in [6.45, 7) is 2.16. The molecular weight excluding hydrogens is 308 g/mol. The van der Waals surface area contributed by atoms with Gasteiger partial charge in [0.05, 0.1) is 0 Å². The topological polar surface area (TPSA) is 87.9 Å². The first-order chi connectivity index (χ1) is 11.5. The molecule has 1 aromatic carbocycles. The predicted molar refractivity (Wildman–Crippen MR) is 93.0 cm³/mol. The number of nitrogens with one attached hydrogen (secondary N) is 1. The van der Waals surface area contributed by atoms with Gasteiger partial charge in [0.1, 0.15) is 12.4 Å². The van der Waals surface area contributed by atoms with Crippen LogP contribution < -0.4 is 15.8 Å². The molecule has 1 heterocycles. The third-order valence-electron chi connectivity index (χ3n) is 4.03. The molecule has 3 N–H and O–H groups in total. The lowest BCUT2D eigenvalue weighted by Crippen LogP contribution is -2.45. The zero-order valence-electron chi connectivity index (χ0n) is 14.3. The number of nitrogens with zero attached hydrogens (tertiary/aromatic N) is 2. The van der Waals surface area contributed by atoms with Crippen molar-refractivity contribution in [1.82, 2.24) is 9.80 Å². The SMILES string of the molecule is CN(C)C(=O)N1CCC(C(=O)Nc2ccc(OCCN)cc2)CC1. The quantitative estimate of drug-likeness (QED) is 0.851. The highest BCUT2D eigenvalue weighted by atomic mass is 16.5. The van der Waals surface area contributed by atoms with Crippen LogP contribution in [0.2, 0.25) is 0 Å². The molecule has 0 radical (unpaired) electrons. The van der Waals surface area contributed by atoms with Crippen molar-refractivity contribution < 1.29 is 14.3 Å². The monoisotopic (exact) mass is 334 g/mol. The van der Waals surface area contributed by atoms with Crippen LogP contribution in [-0.4, -0.2) is 62.1 Å². The Morgan fingerprint density at radius 2 is 1.88 bits per heavy atom. The first-order valence-corrected chi connectivity index (χ1v) is 8.21. The van der Waals surface area contributed by atoms with E-state index in [1.807, 2.05) is 24.3 Å². The van der Waals surface area contributed by atoms with Crippen LogP contribution in [0.15, 0.2) is 24.3 Å². The summed E-state index contributed by atoms with van der Waals surface area (Å²) in [4.78, 5) is 27.6. The number of hydrogen-bond acceptors (Lipinski definition) is 4. The van der Waals surface area contributed by atoms with Gasteiger partial charge in [0, 0.05) is 45.3 Å². The van der Waals surface area contributed by atoms with Gasteiger partial charge in [-0.1, -0.05) is 0 Å². The van der Waals surface area contributed by atoms with Crippen molar-refractivity contribution >= 4 is 17.6 Å². The van der Waals surface area contributed by atoms with E-state index >= 15 is 0 Å². The Morgan fingerprint density at radius 3 is 2.42 bits per heavy atom. The number of urea groups is 1. The Bertz CT molecular complexity index is 551. The second-order valence-corrected chi connectivity index (χ2v) is 6.09. The third kappa shape index (κ3) is 4.86. The second kappa shape index (κ2) is 8.54. The fraction of sp³-hybridized carbons (Fsp3) is 0.529. The largest absolute Gasteiger partial charge is 0.492 e. The van der Waals surface area contributed by atoms with Crippen LogP contribution >= 0.6 is 0 Å². The molecule has 0 atom stereocenters. The average Bonchev–Trinajstić information content (AvgIpc) is 2.60. The number of piperidine rings is 1. The number of nitrogens with two attached hydrogens (primary N) is 1. The van der Waals surface area contributed by atoms with Gasteiger partial charge in [-0.15, -0.1) is 0 Å². The minimum Gasteiger partial charge on any atom is -0.492 e. The van der Waals surface area contributed by atoms with Crippen LogP contribution in [0.4, 0.5) is 10.5 Å². The summed E-state index contributed by atoms with van der Waals surface area (Å²) in [5, 5.41) is 2.93. The molecule has 0 aromatic heterocycles.